The molecule has 1 amide bonds. The maximum Gasteiger partial charge on any atom is 0.251 e. The molecule has 84 valence electrons. The predicted octanol–water partition coefficient (Wildman–Crippen LogP) is 1.87. The summed E-state index contributed by atoms with van der Waals surface area (Å²) in [5.41, 5.74) is 7.05. The Morgan fingerprint density at radius 1 is 1.53 bits per heavy atom. The molecule has 1 rings (SSSR count). The van der Waals surface area contributed by atoms with Crippen LogP contribution in [-0.2, 0) is 0 Å². The SMILES string of the molecule is Cc1ccc(C(=O)NCCN)cc1Br.Cl. The molecule has 15 heavy (non-hydrogen) atoms. The Labute approximate surface area is 104 Å². The first kappa shape index (κ1) is 14.4. The average Bonchev–Trinajstić information content (AvgIpc) is 2.18. The van der Waals surface area contributed by atoms with Crippen LogP contribution in [0.4, 0.5) is 0 Å². The van der Waals surface area contributed by atoms with Gasteiger partial charge in [-0.3, -0.25) is 4.79 Å². The molecule has 0 aromatic heterocycles. The molecule has 0 radical (unpaired) electrons. The van der Waals surface area contributed by atoms with Crippen molar-refractivity contribution in [2.24, 2.45) is 5.73 Å². The second-order valence-corrected chi connectivity index (χ2v) is 3.86. The van der Waals surface area contributed by atoms with Crippen molar-refractivity contribution in [2.45, 2.75) is 6.92 Å². The van der Waals surface area contributed by atoms with E-state index < -0.39 is 0 Å². The van der Waals surface area contributed by atoms with Crippen molar-refractivity contribution in [1.82, 2.24) is 5.32 Å². The van der Waals surface area contributed by atoms with E-state index in [0.717, 1.165) is 10.0 Å². The first-order chi connectivity index (χ1) is 6.65. The fraction of sp³-hybridized carbons (Fsp3) is 0.300. The van der Waals surface area contributed by atoms with Gasteiger partial charge in [0.1, 0.15) is 0 Å². The predicted molar refractivity (Wildman–Crippen MR) is 67.5 cm³/mol. The van der Waals surface area contributed by atoms with E-state index in [0.29, 0.717) is 18.7 Å². The highest BCUT2D eigenvalue weighted by molar-refractivity contribution is 9.10. The van der Waals surface area contributed by atoms with Gasteiger partial charge in [-0.1, -0.05) is 22.0 Å². The van der Waals surface area contributed by atoms with E-state index in [9.17, 15) is 4.79 Å². The van der Waals surface area contributed by atoms with Gasteiger partial charge >= 0.3 is 0 Å². The molecule has 1 aromatic carbocycles. The third kappa shape index (κ3) is 4.20. The zero-order valence-corrected chi connectivity index (χ0v) is 10.8. The van der Waals surface area contributed by atoms with Gasteiger partial charge in [0.25, 0.3) is 5.91 Å². The van der Waals surface area contributed by atoms with Crippen LogP contribution in [0.3, 0.4) is 0 Å². The lowest BCUT2D eigenvalue weighted by molar-refractivity contribution is 0.0954. The molecule has 3 nitrogen and oxygen atoms in total. The topological polar surface area (TPSA) is 55.1 Å². The average molecular weight is 294 g/mol. The Bertz CT molecular complexity index is 344. The zero-order chi connectivity index (χ0) is 10.6. The molecule has 0 heterocycles. The maximum absolute atomic E-state index is 11.5. The van der Waals surface area contributed by atoms with Crippen LogP contribution in [0.15, 0.2) is 22.7 Å². The maximum atomic E-state index is 11.5. The lowest BCUT2D eigenvalue weighted by Gasteiger charge is -2.04. The van der Waals surface area contributed by atoms with Gasteiger partial charge in [-0.2, -0.15) is 0 Å². The molecule has 1 aromatic rings. The minimum Gasteiger partial charge on any atom is -0.351 e. The van der Waals surface area contributed by atoms with Crippen molar-refractivity contribution in [3.05, 3.63) is 33.8 Å². The molecular formula is C10H14BrClN2O. The standard InChI is InChI=1S/C10H13BrN2O.ClH/c1-7-2-3-8(6-9(7)11)10(14)13-5-4-12;/h2-3,6H,4-5,12H2,1H3,(H,13,14);1H. The molecule has 0 saturated carbocycles. The van der Waals surface area contributed by atoms with Gasteiger partial charge in [0.15, 0.2) is 0 Å². The highest BCUT2D eigenvalue weighted by Gasteiger charge is 2.05. The minimum atomic E-state index is -0.0869. The van der Waals surface area contributed by atoms with Gasteiger partial charge in [0.05, 0.1) is 0 Å². The molecule has 0 aliphatic carbocycles. The zero-order valence-electron chi connectivity index (χ0n) is 8.42. The van der Waals surface area contributed by atoms with E-state index in [1.807, 2.05) is 13.0 Å². The number of benzene rings is 1. The molecule has 0 saturated heterocycles. The number of carbonyl (C=O) groups excluding carboxylic acids is 1. The monoisotopic (exact) mass is 292 g/mol. The summed E-state index contributed by atoms with van der Waals surface area (Å²) in [7, 11) is 0. The fourth-order valence-electron chi connectivity index (χ4n) is 1.02. The summed E-state index contributed by atoms with van der Waals surface area (Å²) >= 11 is 3.38. The summed E-state index contributed by atoms with van der Waals surface area (Å²) in [5.74, 6) is -0.0869. The van der Waals surface area contributed by atoms with E-state index in [1.54, 1.807) is 12.1 Å². The third-order valence-corrected chi connectivity index (χ3v) is 2.72. The Morgan fingerprint density at radius 2 is 2.20 bits per heavy atom. The first-order valence-electron chi connectivity index (χ1n) is 4.39. The molecule has 0 atom stereocenters. The molecular weight excluding hydrogens is 279 g/mol. The van der Waals surface area contributed by atoms with Crippen molar-refractivity contribution < 1.29 is 4.79 Å². The second kappa shape index (κ2) is 6.82. The highest BCUT2D eigenvalue weighted by Crippen LogP contribution is 2.17. The number of amides is 1. The number of hydrogen-bond donors (Lipinski definition) is 2. The Morgan fingerprint density at radius 3 is 2.73 bits per heavy atom. The molecule has 3 N–H and O–H groups in total. The third-order valence-electron chi connectivity index (χ3n) is 1.86. The Kier molecular flexibility index (Phi) is 6.56. The quantitative estimate of drug-likeness (QED) is 0.894. The number of aryl methyl sites for hydroxylation is 1. The van der Waals surface area contributed by atoms with Crippen molar-refractivity contribution in [1.29, 1.82) is 0 Å². The minimum absolute atomic E-state index is 0. The van der Waals surface area contributed by atoms with E-state index in [2.05, 4.69) is 21.2 Å². The summed E-state index contributed by atoms with van der Waals surface area (Å²) in [6.07, 6.45) is 0. The highest BCUT2D eigenvalue weighted by atomic mass is 79.9. The number of nitrogens with one attached hydrogen (secondary N) is 1. The van der Waals surface area contributed by atoms with Crippen LogP contribution >= 0.6 is 28.3 Å². The second-order valence-electron chi connectivity index (χ2n) is 3.01. The molecule has 0 bridgehead atoms. The van der Waals surface area contributed by atoms with E-state index in [4.69, 9.17) is 5.73 Å². The normalized spacial score (nSPS) is 9.27. The van der Waals surface area contributed by atoms with Gasteiger partial charge in [-0.05, 0) is 24.6 Å². The van der Waals surface area contributed by atoms with Gasteiger partial charge in [-0.25, -0.2) is 0 Å². The van der Waals surface area contributed by atoms with Gasteiger partial charge in [0, 0.05) is 23.1 Å². The van der Waals surface area contributed by atoms with Crippen LogP contribution < -0.4 is 11.1 Å². The largest absolute Gasteiger partial charge is 0.351 e. The Hall–Kier alpha value is -0.580. The number of carbonyl (C=O) groups is 1. The van der Waals surface area contributed by atoms with E-state index >= 15 is 0 Å². The summed E-state index contributed by atoms with van der Waals surface area (Å²) in [5, 5.41) is 2.71. The number of nitrogens with two attached hydrogens (primary N) is 1. The van der Waals surface area contributed by atoms with Crippen molar-refractivity contribution >= 4 is 34.2 Å². The van der Waals surface area contributed by atoms with Gasteiger partial charge in [-0.15, -0.1) is 12.4 Å². The number of hydrogen-bond acceptors (Lipinski definition) is 2. The molecule has 0 unspecified atom stereocenters. The molecule has 0 spiro atoms. The number of halogens is 2. The fourth-order valence-corrected chi connectivity index (χ4v) is 1.40. The number of rotatable bonds is 3. The van der Waals surface area contributed by atoms with Crippen LogP contribution in [-0.4, -0.2) is 19.0 Å². The van der Waals surface area contributed by atoms with Crippen molar-refractivity contribution in [2.75, 3.05) is 13.1 Å². The lowest BCUT2D eigenvalue weighted by Crippen LogP contribution is -2.28. The van der Waals surface area contributed by atoms with Crippen LogP contribution in [0.25, 0.3) is 0 Å². The van der Waals surface area contributed by atoms with Crippen LogP contribution in [0, 0.1) is 6.92 Å². The van der Waals surface area contributed by atoms with Crippen LogP contribution in [0.5, 0.6) is 0 Å². The molecule has 0 fully saturated rings. The summed E-state index contributed by atoms with van der Waals surface area (Å²) in [4.78, 5) is 11.5. The van der Waals surface area contributed by atoms with E-state index in [-0.39, 0.29) is 18.3 Å². The van der Waals surface area contributed by atoms with Crippen molar-refractivity contribution in [3.8, 4) is 0 Å². The van der Waals surface area contributed by atoms with E-state index in [1.165, 1.54) is 0 Å². The van der Waals surface area contributed by atoms with Crippen LogP contribution in [0.1, 0.15) is 15.9 Å². The first-order valence-corrected chi connectivity index (χ1v) is 5.19. The molecule has 0 aliphatic heterocycles. The molecule has 5 heteroatoms. The van der Waals surface area contributed by atoms with Gasteiger partial charge < -0.3 is 11.1 Å². The summed E-state index contributed by atoms with van der Waals surface area (Å²) in [6.45, 7) is 2.94. The lowest BCUT2D eigenvalue weighted by atomic mass is 10.1. The summed E-state index contributed by atoms with van der Waals surface area (Å²) < 4.78 is 0.942. The smallest absolute Gasteiger partial charge is 0.251 e. The Balaban J connectivity index is 0.00000196. The van der Waals surface area contributed by atoms with Crippen molar-refractivity contribution in [3.63, 3.8) is 0 Å². The van der Waals surface area contributed by atoms with Gasteiger partial charge in [0.2, 0.25) is 0 Å². The van der Waals surface area contributed by atoms with Crippen LogP contribution in [0.2, 0.25) is 0 Å². The summed E-state index contributed by atoms with van der Waals surface area (Å²) in [6, 6.07) is 5.51. The molecule has 0 aliphatic rings.